The summed E-state index contributed by atoms with van der Waals surface area (Å²) in [6.07, 6.45) is 10.4. The number of benzene rings is 2. The van der Waals surface area contributed by atoms with Gasteiger partial charge in [0.2, 0.25) is 0 Å². The number of aromatic amines is 1. The number of amidine groups is 1. The summed E-state index contributed by atoms with van der Waals surface area (Å²) < 4.78 is 16.7. The number of hydrogen-bond acceptors (Lipinski definition) is 5. The molecule has 4 aromatic rings. The molecule has 2 aromatic carbocycles. The number of nitrogens with two attached hydrogens (primary N) is 1. The molecule has 0 aliphatic carbocycles. The Morgan fingerprint density at radius 1 is 1.29 bits per heavy atom. The van der Waals surface area contributed by atoms with Crippen molar-refractivity contribution >= 4 is 28.5 Å². The summed E-state index contributed by atoms with van der Waals surface area (Å²) in [6, 6.07) is 14.1. The molecule has 238 valence electrons. The third-order valence-electron chi connectivity index (χ3n) is 8.66. The molecule has 3 heterocycles. The fourth-order valence-corrected chi connectivity index (χ4v) is 6.69. The number of fused-ring (bicyclic) bond motifs is 1. The van der Waals surface area contributed by atoms with Crippen molar-refractivity contribution < 1.29 is 4.39 Å². The zero-order valence-electron chi connectivity index (χ0n) is 26.1. The molecule has 45 heavy (non-hydrogen) atoms. The van der Waals surface area contributed by atoms with Crippen LogP contribution in [0.25, 0.3) is 28.0 Å². The minimum Gasteiger partial charge on any atom is -0.374 e. The third kappa shape index (κ3) is 7.72. The lowest BCUT2D eigenvalue weighted by molar-refractivity contribution is 0.0913. The number of H-pyrrole nitrogens is 1. The second-order valence-corrected chi connectivity index (χ2v) is 12.6. The molecule has 0 amide bonds. The van der Waals surface area contributed by atoms with Crippen molar-refractivity contribution in [2.45, 2.75) is 76.9 Å². The quantitative estimate of drug-likeness (QED) is 0.0771. The number of nitrogens with one attached hydrogen (secondary N) is 3. The highest BCUT2D eigenvalue weighted by Crippen LogP contribution is 2.36. The van der Waals surface area contributed by atoms with Gasteiger partial charge in [-0.15, -0.1) is 6.58 Å². The average molecular weight is 632 g/mol. The van der Waals surface area contributed by atoms with E-state index in [0.29, 0.717) is 39.9 Å². The molecule has 2 aromatic heterocycles. The van der Waals surface area contributed by atoms with Crippen molar-refractivity contribution in [2.24, 2.45) is 5.73 Å². The van der Waals surface area contributed by atoms with Gasteiger partial charge in [-0.25, -0.2) is 9.18 Å². The van der Waals surface area contributed by atoms with E-state index in [-0.39, 0.29) is 17.1 Å². The SMILES string of the molecule is C=CCN1C(CCNC(C)=N)CCCC1c1ccc(-n2cc3cc(-c4cc(CCCC(C)N)cc(Cl)c4F)[nH]c3nc2=O)cc1. The molecule has 3 unspecified atom stereocenters. The van der Waals surface area contributed by atoms with Crippen LogP contribution in [-0.4, -0.2) is 50.4 Å². The van der Waals surface area contributed by atoms with Crippen LogP contribution in [0.2, 0.25) is 5.02 Å². The van der Waals surface area contributed by atoms with E-state index in [9.17, 15) is 4.79 Å². The van der Waals surface area contributed by atoms with E-state index < -0.39 is 11.5 Å². The molecule has 1 fully saturated rings. The molecular formula is C35H43ClFN7O. The summed E-state index contributed by atoms with van der Waals surface area (Å²) in [4.78, 5) is 23.0. The maximum atomic E-state index is 15.2. The van der Waals surface area contributed by atoms with Crippen molar-refractivity contribution in [3.63, 3.8) is 0 Å². The number of aromatic nitrogens is 3. The highest BCUT2D eigenvalue weighted by molar-refractivity contribution is 6.31. The van der Waals surface area contributed by atoms with Crippen LogP contribution in [-0.2, 0) is 6.42 Å². The largest absolute Gasteiger partial charge is 0.374 e. The van der Waals surface area contributed by atoms with Crippen LogP contribution in [0.15, 0.2) is 66.1 Å². The van der Waals surface area contributed by atoms with Crippen LogP contribution >= 0.6 is 11.6 Å². The Labute approximate surface area is 269 Å². The first kappa shape index (κ1) is 32.6. The van der Waals surface area contributed by atoms with Gasteiger partial charge < -0.3 is 16.0 Å². The van der Waals surface area contributed by atoms with E-state index >= 15 is 4.39 Å². The molecule has 5 N–H and O–H groups in total. The van der Waals surface area contributed by atoms with E-state index in [1.165, 1.54) is 10.1 Å². The highest BCUT2D eigenvalue weighted by atomic mass is 35.5. The molecule has 8 nitrogen and oxygen atoms in total. The normalized spacial score (nSPS) is 17.8. The van der Waals surface area contributed by atoms with Crippen LogP contribution in [0, 0.1) is 11.2 Å². The smallest absolute Gasteiger partial charge is 0.354 e. The van der Waals surface area contributed by atoms with Gasteiger partial charge in [-0.2, -0.15) is 4.98 Å². The standard InChI is InChI=1S/C35H43ClFN7O/c1-4-17-43-27(15-16-40-23(3)39)9-6-10-32(43)25-11-13-28(14-12-25)44-21-26-20-31(41-34(26)42-35(44)45)29-18-24(8-5-7-22(2)38)19-30(36)33(29)37/h4,11-14,18-22,27,32H,1,5-10,15-17,38H2,2-3H3,(H2,39,40)(H,41,42,45). The number of hydrogen-bond donors (Lipinski definition) is 4. The Bertz CT molecular complexity index is 1710. The van der Waals surface area contributed by atoms with E-state index in [1.54, 1.807) is 31.3 Å². The second kappa shape index (κ2) is 14.5. The molecule has 0 radical (unpaired) electrons. The van der Waals surface area contributed by atoms with Crippen LogP contribution < -0.4 is 16.7 Å². The summed E-state index contributed by atoms with van der Waals surface area (Å²) in [5, 5.41) is 11.6. The third-order valence-corrected chi connectivity index (χ3v) is 8.93. The summed E-state index contributed by atoms with van der Waals surface area (Å²) >= 11 is 6.27. The summed E-state index contributed by atoms with van der Waals surface area (Å²) in [5.74, 6) is -0.0249. The summed E-state index contributed by atoms with van der Waals surface area (Å²) in [6.45, 7) is 9.30. The van der Waals surface area contributed by atoms with Gasteiger partial charge in [0.25, 0.3) is 0 Å². The Hall–Kier alpha value is -3.79. The molecule has 10 heteroatoms. The van der Waals surface area contributed by atoms with Crippen molar-refractivity contribution in [3.05, 3.63) is 93.8 Å². The fraction of sp³-hybridized carbons (Fsp3) is 0.400. The predicted molar refractivity (Wildman–Crippen MR) is 182 cm³/mol. The molecule has 3 atom stereocenters. The van der Waals surface area contributed by atoms with Gasteiger partial charge in [0.1, 0.15) is 5.65 Å². The zero-order chi connectivity index (χ0) is 32.1. The molecule has 0 spiro atoms. The Morgan fingerprint density at radius 3 is 2.78 bits per heavy atom. The number of nitrogens with zero attached hydrogens (tertiary/aromatic N) is 3. The van der Waals surface area contributed by atoms with Crippen LogP contribution in [0.3, 0.4) is 0 Å². The first-order valence-electron chi connectivity index (χ1n) is 15.8. The molecule has 5 rings (SSSR count). The monoisotopic (exact) mass is 631 g/mol. The van der Waals surface area contributed by atoms with Crippen LogP contribution in [0.1, 0.15) is 69.5 Å². The number of rotatable bonds is 12. The lowest BCUT2D eigenvalue weighted by Gasteiger charge is -2.42. The van der Waals surface area contributed by atoms with Gasteiger partial charge in [0, 0.05) is 48.4 Å². The number of likely N-dealkylation sites (tertiary alicyclic amines) is 1. The topological polar surface area (TPSA) is 116 Å². The van der Waals surface area contributed by atoms with E-state index in [4.69, 9.17) is 22.7 Å². The van der Waals surface area contributed by atoms with Crippen molar-refractivity contribution in [3.8, 4) is 16.9 Å². The Kier molecular flexibility index (Phi) is 10.5. The molecule has 1 aliphatic rings. The van der Waals surface area contributed by atoms with Crippen LogP contribution in [0.5, 0.6) is 0 Å². The van der Waals surface area contributed by atoms with E-state index in [1.807, 2.05) is 25.1 Å². The lowest BCUT2D eigenvalue weighted by atomic mass is 9.89. The van der Waals surface area contributed by atoms with Gasteiger partial charge >= 0.3 is 5.69 Å². The van der Waals surface area contributed by atoms with Crippen molar-refractivity contribution in [1.82, 2.24) is 24.8 Å². The molecule has 0 saturated carbocycles. The maximum absolute atomic E-state index is 15.2. The predicted octanol–water partition coefficient (Wildman–Crippen LogP) is 6.90. The summed E-state index contributed by atoms with van der Waals surface area (Å²) in [5.41, 5.74) is 9.54. The first-order valence-corrected chi connectivity index (χ1v) is 16.1. The van der Waals surface area contributed by atoms with Gasteiger partial charge in [0.05, 0.1) is 22.2 Å². The molecular weight excluding hydrogens is 589 g/mol. The number of aryl methyl sites for hydroxylation is 1. The minimum absolute atomic E-state index is 0.0589. The van der Waals surface area contributed by atoms with Gasteiger partial charge in [-0.3, -0.25) is 14.9 Å². The van der Waals surface area contributed by atoms with Gasteiger partial charge in [0.15, 0.2) is 5.82 Å². The highest BCUT2D eigenvalue weighted by Gasteiger charge is 2.30. The van der Waals surface area contributed by atoms with Gasteiger partial charge in [-0.05, 0) is 100 Å². The van der Waals surface area contributed by atoms with E-state index in [2.05, 4.69) is 38.9 Å². The summed E-state index contributed by atoms with van der Waals surface area (Å²) in [7, 11) is 0. The Morgan fingerprint density at radius 2 is 2.07 bits per heavy atom. The van der Waals surface area contributed by atoms with Crippen molar-refractivity contribution in [2.75, 3.05) is 13.1 Å². The number of piperidine rings is 1. The lowest BCUT2D eigenvalue weighted by Crippen LogP contribution is -2.43. The first-order chi connectivity index (χ1) is 21.6. The molecule has 1 saturated heterocycles. The van der Waals surface area contributed by atoms with Crippen molar-refractivity contribution in [1.29, 1.82) is 5.41 Å². The van der Waals surface area contributed by atoms with Gasteiger partial charge in [-0.1, -0.05) is 29.8 Å². The zero-order valence-corrected chi connectivity index (χ0v) is 26.8. The molecule has 0 bridgehead atoms. The fourth-order valence-electron chi connectivity index (χ4n) is 6.45. The van der Waals surface area contributed by atoms with Crippen LogP contribution in [0.4, 0.5) is 4.39 Å². The second-order valence-electron chi connectivity index (χ2n) is 12.2. The van der Waals surface area contributed by atoms with E-state index in [0.717, 1.165) is 63.6 Å². The maximum Gasteiger partial charge on any atom is 0.354 e. The minimum atomic E-state index is -0.512. The molecule has 1 aliphatic heterocycles. The average Bonchev–Trinajstić information content (AvgIpc) is 3.41. The number of halogens is 2. The Balaban J connectivity index is 1.39.